The van der Waals surface area contributed by atoms with Crippen molar-refractivity contribution >= 4 is 30.7 Å². The van der Waals surface area contributed by atoms with Crippen LogP contribution in [0.15, 0.2) is 0 Å². The molecule has 2 aliphatic rings. The molecule has 8 heteroatoms. The first-order chi connectivity index (χ1) is 9.29. The number of amides is 1. The Morgan fingerprint density at radius 2 is 1.95 bits per heavy atom. The number of hydrogen-bond acceptors (Lipinski definition) is 4. The number of likely N-dealkylation sites (N-methyl/N-ethyl adjacent to an activating group) is 1. The molecule has 0 atom stereocenters. The van der Waals surface area contributed by atoms with Gasteiger partial charge in [-0.15, -0.1) is 24.8 Å². The minimum atomic E-state index is 0. The second kappa shape index (κ2) is 7.98. The minimum Gasteiger partial charge on any atom is -0.335 e. The minimum absolute atomic E-state index is 0. The van der Waals surface area contributed by atoms with E-state index in [-0.39, 0.29) is 30.7 Å². The fourth-order valence-corrected chi connectivity index (χ4v) is 2.82. The third-order valence-corrected chi connectivity index (χ3v) is 4.12. The fourth-order valence-electron chi connectivity index (χ4n) is 2.82. The largest absolute Gasteiger partial charge is 0.335 e. The van der Waals surface area contributed by atoms with Crippen molar-refractivity contribution in [3.63, 3.8) is 0 Å². The summed E-state index contributed by atoms with van der Waals surface area (Å²) in [6.07, 6.45) is 0.930. The van der Waals surface area contributed by atoms with E-state index in [4.69, 9.17) is 0 Å². The molecule has 1 aromatic rings. The number of carbonyl (C=O) groups excluding carboxylic acids is 1. The maximum absolute atomic E-state index is 12.5. The Kier molecular flexibility index (Phi) is 6.93. The van der Waals surface area contributed by atoms with Crippen LogP contribution in [0.4, 0.5) is 0 Å². The quantitative estimate of drug-likeness (QED) is 0.834. The summed E-state index contributed by atoms with van der Waals surface area (Å²) in [5.74, 6) is 0.0805. The predicted octanol–water partition coefficient (Wildman–Crippen LogP) is 0.677. The van der Waals surface area contributed by atoms with Crippen LogP contribution in [-0.4, -0.2) is 65.2 Å². The monoisotopic (exact) mass is 335 g/mol. The van der Waals surface area contributed by atoms with Crippen LogP contribution in [0.1, 0.15) is 28.7 Å². The molecular weight excluding hydrogens is 313 g/mol. The lowest BCUT2D eigenvalue weighted by atomic mass is 10.1. The molecule has 2 aliphatic heterocycles. The normalized spacial score (nSPS) is 18.4. The number of rotatable bonds is 2. The molecule has 2 N–H and O–H groups in total. The van der Waals surface area contributed by atoms with E-state index in [0.717, 1.165) is 63.5 Å². The first kappa shape index (κ1) is 18.2. The van der Waals surface area contributed by atoms with Gasteiger partial charge in [-0.25, -0.2) is 0 Å². The number of carbonyl (C=O) groups is 1. The highest BCUT2D eigenvalue weighted by molar-refractivity contribution is 5.94. The first-order valence-electron chi connectivity index (χ1n) is 7.08. The highest BCUT2D eigenvalue weighted by Gasteiger charge is 2.27. The van der Waals surface area contributed by atoms with Crippen molar-refractivity contribution in [2.24, 2.45) is 0 Å². The SMILES string of the molecule is CCN1CCN(C(=O)c2n[nH]c3c2CNCC3)CC1.Cl.Cl. The molecule has 0 saturated carbocycles. The Morgan fingerprint density at radius 1 is 1.24 bits per heavy atom. The fraction of sp³-hybridized carbons (Fsp3) is 0.692. The smallest absolute Gasteiger partial charge is 0.274 e. The van der Waals surface area contributed by atoms with Gasteiger partial charge in [0.15, 0.2) is 5.69 Å². The molecule has 1 saturated heterocycles. The molecule has 120 valence electrons. The van der Waals surface area contributed by atoms with E-state index >= 15 is 0 Å². The molecule has 6 nitrogen and oxygen atoms in total. The molecule has 0 bridgehead atoms. The Bertz CT molecular complexity index is 471. The number of nitrogens with one attached hydrogen (secondary N) is 2. The van der Waals surface area contributed by atoms with Crippen molar-refractivity contribution in [2.45, 2.75) is 19.9 Å². The first-order valence-corrected chi connectivity index (χ1v) is 7.08. The molecule has 1 aromatic heterocycles. The van der Waals surface area contributed by atoms with Gasteiger partial charge in [0.2, 0.25) is 0 Å². The van der Waals surface area contributed by atoms with Gasteiger partial charge in [-0.2, -0.15) is 5.10 Å². The van der Waals surface area contributed by atoms with Gasteiger partial charge >= 0.3 is 0 Å². The molecule has 21 heavy (non-hydrogen) atoms. The van der Waals surface area contributed by atoms with E-state index in [1.807, 2.05) is 4.90 Å². The predicted molar refractivity (Wildman–Crippen MR) is 86.5 cm³/mol. The summed E-state index contributed by atoms with van der Waals surface area (Å²) in [7, 11) is 0. The lowest BCUT2D eigenvalue weighted by Crippen LogP contribution is -2.48. The lowest BCUT2D eigenvalue weighted by Gasteiger charge is -2.33. The van der Waals surface area contributed by atoms with Gasteiger partial charge in [0.1, 0.15) is 0 Å². The van der Waals surface area contributed by atoms with E-state index < -0.39 is 0 Å². The molecule has 3 rings (SSSR count). The number of aromatic amines is 1. The zero-order valence-electron chi connectivity index (χ0n) is 12.2. The lowest BCUT2D eigenvalue weighted by molar-refractivity contribution is 0.0636. The van der Waals surface area contributed by atoms with E-state index in [2.05, 4.69) is 27.3 Å². The van der Waals surface area contributed by atoms with Gasteiger partial charge in [0, 0.05) is 56.9 Å². The van der Waals surface area contributed by atoms with Gasteiger partial charge in [-0.05, 0) is 6.54 Å². The van der Waals surface area contributed by atoms with Crippen molar-refractivity contribution < 1.29 is 4.79 Å². The summed E-state index contributed by atoms with van der Waals surface area (Å²) in [6, 6.07) is 0. The summed E-state index contributed by atoms with van der Waals surface area (Å²) in [6.45, 7) is 8.47. The number of hydrogen-bond donors (Lipinski definition) is 2. The second-order valence-corrected chi connectivity index (χ2v) is 5.18. The topological polar surface area (TPSA) is 64.3 Å². The number of piperazine rings is 1. The number of fused-ring (bicyclic) bond motifs is 1. The van der Waals surface area contributed by atoms with Crippen LogP contribution in [0.2, 0.25) is 0 Å². The van der Waals surface area contributed by atoms with Crippen molar-refractivity contribution in [3.05, 3.63) is 17.0 Å². The van der Waals surface area contributed by atoms with Crippen molar-refractivity contribution in [1.29, 1.82) is 0 Å². The number of aromatic nitrogens is 2. The molecule has 0 spiro atoms. The summed E-state index contributed by atoms with van der Waals surface area (Å²) in [5.41, 5.74) is 2.80. The maximum Gasteiger partial charge on any atom is 0.274 e. The Balaban J connectivity index is 0.00000110. The van der Waals surface area contributed by atoms with E-state index in [1.165, 1.54) is 0 Å². The number of nitrogens with zero attached hydrogens (tertiary/aromatic N) is 3. The zero-order valence-corrected chi connectivity index (χ0v) is 13.9. The standard InChI is InChI=1S/C13H21N5O.2ClH/c1-2-17-5-7-18(8-6-17)13(19)12-10-9-14-4-3-11(10)15-16-12;;/h14H,2-9H2,1H3,(H,15,16);2*1H. The van der Waals surface area contributed by atoms with Crippen LogP contribution < -0.4 is 5.32 Å². The molecule has 1 amide bonds. The van der Waals surface area contributed by atoms with Crippen molar-refractivity contribution in [2.75, 3.05) is 39.3 Å². The summed E-state index contributed by atoms with van der Waals surface area (Å²) >= 11 is 0. The van der Waals surface area contributed by atoms with Crippen molar-refractivity contribution in [1.82, 2.24) is 25.3 Å². The van der Waals surface area contributed by atoms with Crippen LogP contribution in [0.3, 0.4) is 0 Å². The van der Waals surface area contributed by atoms with Crippen LogP contribution >= 0.6 is 24.8 Å². The average molecular weight is 336 g/mol. The molecule has 1 fully saturated rings. The zero-order chi connectivity index (χ0) is 13.2. The van der Waals surface area contributed by atoms with E-state index in [9.17, 15) is 4.79 Å². The van der Waals surface area contributed by atoms with Crippen LogP contribution in [-0.2, 0) is 13.0 Å². The highest BCUT2D eigenvalue weighted by Crippen LogP contribution is 2.17. The molecule has 0 aromatic carbocycles. The van der Waals surface area contributed by atoms with Crippen LogP contribution in [0.5, 0.6) is 0 Å². The van der Waals surface area contributed by atoms with Gasteiger partial charge in [-0.1, -0.05) is 6.92 Å². The Labute approximate surface area is 137 Å². The highest BCUT2D eigenvalue weighted by atomic mass is 35.5. The van der Waals surface area contributed by atoms with Crippen LogP contribution in [0.25, 0.3) is 0 Å². The molecule has 0 aliphatic carbocycles. The molecule has 0 radical (unpaired) electrons. The number of H-pyrrole nitrogens is 1. The summed E-state index contributed by atoms with van der Waals surface area (Å²) in [5, 5.41) is 10.6. The molecule has 0 unspecified atom stereocenters. The van der Waals surface area contributed by atoms with Gasteiger partial charge in [-0.3, -0.25) is 9.89 Å². The summed E-state index contributed by atoms with van der Waals surface area (Å²) < 4.78 is 0. The molecular formula is C13H23Cl2N5O. The van der Waals surface area contributed by atoms with Crippen molar-refractivity contribution in [3.8, 4) is 0 Å². The van der Waals surface area contributed by atoms with Gasteiger partial charge in [0.05, 0.1) is 0 Å². The van der Waals surface area contributed by atoms with E-state index in [1.54, 1.807) is 0 Å². The number of halogens is 2. The summed E-state index contributed by atoms with van der Waals surface area (Å²) in [4.78, 5) is 16.8. The van der Waals surface area contributed by atoms with Crippen LogP contribution in [0, 0.1) is 0 Å². The maximum atomic E-state index is 12.5. The molecule has 3 heterocycles. The third kappa shape index (κ3) is 3.69. The average Bonchev–Trinajstić information content (AvgIpc) is 2.90. The Morgan fingerprint density at radius 3 is 2.62 bits per heavy atom. The van der Waals surface area contributed by atoms with Gasteiger partial charge in [0.25, 0.3) is 5.91 Å². The second-order valence-electron chi connectivity index (χ2n) is 5.18. The third-order valence-electron chi connectivity index (χ3n) is 4.12. The van der Waals surface area contributed by atoms with E-state index in [0.29, 0.717) is 5.69 Å². The Hall–Kier alpha value is -0.820. The van der Waals surface area contributed by atoms with Gasteiger partial charge < -0.3 is 15.1 Å².